The first kappa shape index (κ1) is 22.6. The summed E-state index contributed by atoms with van der Waals surface area (Å²) in [5, 5.41) is 4.22. The minimum atomic E-state index is -1.05. The second-order valence-corrected chi connectivity index (χ2v) is 8.59. The first-order chi connectivity index (χ1) is 18.1. The van der Waals surface area contributed by atoms with Gasteiger partial charge in [-0.2, -0.15) is 0 Å². The standard InChI is InChI=1S/C29H22N2O6/c1-17(27(32)30-19-12-13-24-25(16-19)35-15-14-34-24)36-29(33)21-9-5-7-18-6-4-8-20(26(18)21)28-31-22-10-2-3-11-23(22)37-28/h2-13,16-17H,14-15H2,1H3,(H,30,32). The van der Waals surface area contributed by atoms with E-state index in [2.05, 4.69) is 10.3 Å². The second-order valence-electron chi connectivity index (χ2n) is 8.59. The summed E-state index contributed by atoms with van der Waals surface area (Å²) >= 11 is 0. The molecule has 1 amide bonds. The molecular weight excluding hydrogens is 472 g/mol. The molecule has 0 spiro atoms. The Morgan fingerprint density at radius 2 is 1.70 bits per heavy atom. The van der Waals surface area contributed by atoms with Gasteiger partial charge in [-0.05, 0) is 48.7 Å². The van der Waals surface area contributed by atoms with Crippen LogP contribution in [-0.2, 0) is 9.53 Å². The Kier molecular flexibility index (Phi) is 5.69. The van der Waals surface area contributed by atoms with Crippen molar-refractivity contribution in [3.8, 4) is 23.0 Å². The van der Waals surface area contributed by atoms with Crippen LogP contribution in [0.2, 0.25) is 0 Å². The summed E-state index contributed by atoms with van der Waals surface area (Å²) in [6.07, 6.45) is -1.05. The molecule has 1 atom stereocenters. The zero-order chi connectivity index (χ0) is 25.4. The van der Waals surface area contributed by atoms with Gasteiger partial charge in [0.25, 0.3) is 5.91 Å². The molecule has 6 rings (SSSR count). The fourth-order valence-corrected chi connectivity index (χ4v) is 4.32. The Bertz CT molecular complexity index is 1620. The van der Waals surface area contributed by atoms with E-state index < -0.39 is 18.0 Å². The first-order valence-corrected chi connectivity index (χ1v) is 11.9. The fraction of sp³-hybridized carbons (Fsp3) is 0.138. The Hall–Kier alpha value is -4.85. The van der Waals surface area contributed by atoms with Crippen LogP contribution in [0.5, 0.6) is 11.5 Å². The van der Waals surface area contributed by atoms with E-state index in [1.54, 1.807) is 30.3 Å². The van der Waals surface area contributed by atoms with Crippen LogP contribution in [0.3, 0.4) is 0 Å². The van der Waals surface area contributed by atoms with Crippen molar-refractivity contribution in [1.29, 1.82) is 0 Å². The number of ether oxygens (including phenoxy) is 3. The number of para-hydroxylation sites is 2. The highest BCUT2D eigenvalue weighted by molar-refractivity contribution is 6.10. The smallest absolute Gasteiger partial charge is 0.339 e. The molecule has 0 saturated heterocycles. The van der Waals surface area contributed by atoms with Gasteiger partial charge in [0.05, 0.1) is 5.56 Å². The van der Waals surface area contributed by atoms with E-state index in [0.717, 1.165) is 10.9 Å². The molecule has 0 fully saturated rings. The fourth-order valence-electron chi connectivity index (χ4n) is 4.32. The largest absolute Gasteiger partial charge is 0.486 e. The van der Waals surface area contributed by atoms with Crippen molar-refractivity contribution in [2.24, 2.45) is 0 Å². The van der Waals surface area contributed by atoms with Crippen LogP contribution in [0, 0.1) is 0 Å². The predicted molar refractivity (Wildman–Crippen MR) is 138 cm³/mol. The van der Waals surface area contributed by atoms with Gasteiger partial charge in [0.1, 0.15) is 18.7 Å². The van der Waals surface area contributed by atoms with Crippen molar-refractivity contribution < 1.29 is 28.2 Å². The van der Waals surface area contributed by atoms with E-state index in [4.69, 9.17) is 18.6 Å². The lowest BCUT2D eigenvalue weighted by atomic mass is 9.99. The number of nitrogens with zero attached hydrogens (tertiary/aromatic N) is 1. The molecular formula is C29H22N2O6. The van der Waals surface area contributed by atoms with Gasteiger partial charge in [-0.15, -0.1) is 0 Å². The van der Waals surface area contributed by atoms with Crippen LogP contribution >= 0.6 is 0 Å². The normalized spacial score (nSPS) is 13.3. The lowest BCUT2D eigenvalue weighted by Crippen LogP contribution is -2.30. The monoisotopic (exact) mass is 494 g/mol. The summed E-state index contributed by atoms with van der Waals surface area (Å²) in [7, 11) is 0. The number of hydrogen-bond donors (Lipinski definition) is 1. The van der Waals surface area contributed by atoms with Crippen molar-refractivity contribution in [3.63, 3.8) is 0 Å². The number of carbonyl (C=O) groups is 2. The van der Waals surface area contributed by atoms with Crippen LogP contribution < -0.4 is 14.8 Å². The zero-order valence-electron chi connectivity index (χ0n) is 19.9. The van der Waals surface area contributed by atoms with Gasteiger partial charge in [-0.3, -0.25) is 4.79 Å². The number of fused-ring (bicyclic) bond motifs is 3. The average Bonchev–Trinajstić information content (AvgIpc) is 3.36. The van der Waals surface area contributed by atoms with E-state index in [1.807, 2.05) is 48.5 Å². The Labute approximate surface area is 211 Å². The Morgan fingerprint density at radius 1 is 0.919 bits per heavy atom. The molecule has 5 aromatic rings. The second kappa shape index (κ2) is 9.31. The molecule has 1 unspecified atom stereocenters. The van der Waals surface area contributed by atoms with Gasteiger partial charge >= 0.3 is 5.97 Å². The molecule has 184 valence electrons. The summed E-state index contributed by atoms with van der Waals surface area (Å²) in [5.41, 5.74) is 2.86. The van der Waals surface area contributed by atoms with E-state index in [0.29, 0.717) is 58.4 Å². The van der Waals surface area contributed by atoms with Gasteiger partial charge in [-0.25, -0.2) is 9.78 Å². The van der Waals surface area contributed by atoms with E-state index in [-0.39, 0.29) is 0 Å². The summed E-state index contributed by atoms with van der Waals surface area (Å²) in [4.78, 5) is 30.7. The Balaban J connectivity index is 1.26. The van der Waals surface area contributed by atoms with Gasteiger partial charge in [0.2, 0.25) is 5.89 Å². The van der Waals surface area contributed by atoms with E-state index in [9.17, 15) is 9.59 Å². The third-order valence-electron chi connectivity index (χ3n) is 6.11. The molecule has 1 N–H and O–H groups in total. The van der Waals surface area contributed by atoms with Crippen molar-refractivity contribution >= 4 is 39.4 Å². The molecule has 0 aliphatic carbocycles. The molecule has 8 heteroatoms. The van der Waals surface area contributed by atoms with Crippen LogP contribution in [0.4, 0.5) is 5.69 Å². The number of oxazole rings is 1. The van der Waals surface area contributed by atoms with Gasteiger partial charge < -0.3 is 23.9 Å². The van der Waals surface area contributed by atoms with E-state index >= 15 is 0 Å². The molecule has 0 radical (unpaired) electrons. The van der Waals surface area contributed by atoms with Gasteiger partial charge in [0.15, 0.2) is 23.2 Å². The van der Waals surface area contributed by atoms with E-state index in [1.165, 1.54) is 6.92 Å². The summed E-state index contributed by atoms with van der Waals surface area (Å²) in [6, 6.07) is 23.5. The molecule has 0 saturated carbocycles. The third-order valence-corrected chi connectivity index (χ3v) is 6.11. The quantitative estimate of drug-likeness (QED) is 0.317. The van der Waals surface area contributed by atoms with Crippen molar-refractivity contribution in [2.45, 2.75) is 13.0 Å². The van der Waals surface area contributed by atoms with Crippen LogP contribution in [0.25, 0.3) is 33.3 Å². The van der Waals surface area contributed by atoms with Crippen LogP contribution in [0.1, 0.15) is 17.3 Å². The minimum Gasteiger partial charge on any atom is -0.486 e. The SMILES string of the molecule is CC(OC(=O)c1cccc2cccc(-c3nc4ccccc4o3)c12)C(=O)Nc1ccc2c(c1)OCCO2. The molecule has 1 aliphatic rings. The number of amides is 1. The number of benzene rings is 4. The van der Waals surface area contributed by atoms with Gasteiger partial charge in [-0.1, -0.05) is 36.4 Å². The zero-order valence-corrected chi connectivity index (χ0v) is 19.9. The molecule has 4 aromatic carbocycles. The van der Waals surface area contributed by atoms with Crippen LogP contribution in [0.15, 0.2) is 83.3 Å². The number of rotatable bonds is 5. The summed E-state index contributed by atoms with van der Waals surface area (Å²) in [6.45, 7) is 2.45. The molecule has 8 nitrogen and oxygen atoms in total. The topological polar surface area (TPSA) is 99.9 Å². The maximum absolute atomic E-state index is 13.3. The molecule has 37 heavy (non-hydrogen) atoms. The van der Waals surface area contributed by atoms with Crippen molar-refractivity contribution in [2.75, 3.05) is 18.5 Å². The van der Waals surface area contributed by atoms with Crippen LogP contribution in [-0.4, -0.2) is 36.2 Å². The maximum atomic E-state index is 13.3. The highest BCUT2D eigenvalue weighted by Gasteiger charge is 2.23. The van der Waals surface area contributed by atoms with Crippen molar-refractivity contribution in [1.82, 2.24) is 4.98 Å². The lowest BCUT2D eigenvalue weighted by Gasteiger charge is -2.19. The van der Waals surface area contributed by atoms with Gasteiger partial charge in [0, 0.05) is 22.7 Å². The highest BCUT2D eigenvalue weighted by Crippen LogP contribution is 2.34. The number of hydrogen-bond acceptors (Lipinski definition) is 7. The minimum absolute atomic E-state index is 0.314. The molecule has 1 aliphatic heterocycles. The van der Waals surface area contributed by atoms with Crippen molar-refractivity contribution in [3.05, 3.63) is 84.4 Å². The molecule has 1 aromatic heterocycles. The summed E-state index contributed by atoms with van der Waals surface area (Å²) in [5.74, 6) is 0.477. The number of nitrogens with one attached hydrogen (secondary N) is 1. The summed E-state index contributed by atoms with van der Waals surface area (Å²) < 4.78 is 22.6. The Morgan fingerprint density at radius 3 is 2.54 bits per heavy atom. The average molecular weight is 495 g/mol. The third kappa shape index (κ3) is 4.33. The molecule has 0 bridgehead atoms. The number of carbonyl (C=O) groups excluding carboxylic acids is 2. The first-order valence-electron chi connectivity index (χ1n) is 11.9. The number of anilines is 1. The predicted octanol–water partition coefficient (Wildman–Crippen LogP) is 5.60. The molecule has 2 heterocycles. The maximum Gasteiger partial charge on any atom is 0.339 e. The number of esters is 1. The number of aromatic nitrogens is 1. The lowest BCUT2D eigenvalue weighted by molar-refractivity contribution is -0.123. The highest BCUT2D eigenvalue weighted by atomic mass is 16.6.